The van der Waals surface area contributed by atoms with Gasteiger partial charge in [0.1, 0.15) is 0 Å². The average molecular weight is 475 g/mol. The van der Waals surface area contributed by atoms with Gasteiger partial charge in [0.2, 0.25) is 5.95 Å². The number of anilines is 1. The Kier molecular flexibility index (Phi) is 6.48. The molecule has 0 fully saturated rings. The van der Waals surface area contributed by atoms with Crippen LogP contribution in [0.5, 0.6) is 0 Å². The Morgan fingerprint density at radius 2 is 1.88 bits per heavy atom. The molecule has 0 bridgehead atoms. The van der Waals surface area contributed by atoms with Gasteiger partial charge in [-0.3, -0.25) is 10.0 Å². The van der Waals surface area contributed by atoms with Crippen molar-refractivity contribution in [3.63, 3.8) is 0 Å². The molecule has 1 aliphatic rings. The molecule has 0 radical (unpaired) electrons. The zero-order valence-corrected chi connectivity index (χ0v) is 19.5. The number of H-pyrrole nitrogens is 1. The number of aromatic amines is 1. The van der Waals surface area contributed by atoms with Gasteiger partial charge in [-0.2, -0.15) is 12.6 Å². The van der Waals surface area contributed by atoms with Crippen molar-refractivity contribution in [2.24, 2.45) is 0 Å². The standard InChI is InChI=1S/C25H26N6O2S/c32-24(30-33)19-13-27-25(28-14-19)31-9-7-23-21(15-31)20-11-18(5-6-22(20)29-23)17-3-1-16(2-4-17)12-26-8-10-34/h1-6,11,13-14,26,29,33-34H,7-10,12,15H2,(H,30,32). The van der Waals surface area contributed by atoms with Gasteiger partial charge >= 0.3 is 0 Å². The number of amides is 1. The molecule has 5 rings (SSSR count). The minimum Gasteiger partial charge on any atom is -0.358 e. The van der Waals surface area contributed by atoms with Gasteiger partial charge in [-0.1, -0.05) is 30.3 Å². The molecule has 4 aromatic rings. The molecule has 0 unspecified atom stereocenters. The third-order valence-corrected chi connectivity index (χ3v) is 6.39. The number of nitrogens with zero attached hydrogens (tertiary/aromatic N) is 3. The predicted molar refractivity (Wildman–Crippen MR) is 135 cm³/mol. The Bertz CT molecular complexity index is 1300. The lowest BCUT2D eigenvalue weighted by molar-refractivity contribution is 0.0705. The van der Waals surface area contributed by atoms with Crippen LogP contribution in [-0.2, 0) is 19.5 Å². The summed E-state index contributed by atoms with van der Waals surface area (Å²) in [4.78, 5) is 25.9. The molecule has 2 aromatic carbocycles. The molecular formula is C25H26N6O2S. The third kappa shape index (κ3) is 4.50. The zero-order valence-electron chi connectivity index (χ0n) is 18.6. The molecule has 0 aliphatic carbocycles. The van der Waals surface area contributed by atoms with Crippen molar-refractivity contribution in [3.8, 4) is 11.1 Å². The summed E-state index contributed by atoms with van der Waals surface area (Å²) in [5, 5.41) is 13.4. The van der Waals surface area contributed by atoms with Crippen molar-refractivity contribution in [2.75, 3.05) is 23.7 Å². The molecule has 34 heavy (non-hydrogen) atoms. The fraction of sp³-hybridized carbons (Fsp3) is 0.240. The van der Waals surface area contributed by atoms with Crippen molar-refractivity contribution in [3.05, 3.63) is 77.2 Å². The van der Waals surface area contributed by atoms with Crippen molar-refractivity contribution in [2.45, 2.75) is 19.5 Å². The lowest BCUT2D eigenvalue weighted by Gasteiger charge is -2.27. The van der Waals surface area contributed by atoms with Crippen molar-refractivity contribution < 1.29 is 10.0 Å². The summed E-state index contributed by atoms with van der Waals surface area (Å²) in [7, 11) is 0. The third-order valence-electron chi connectivity index (χ3n) is 6.16. The Labute approximate surface area is 202 Å². The summed E-state index contributed by atoms with van der Waals surface area (Å²) in [5.74, 6) is 0.765. The van der Waals surface area contributed by atoms with Gasteiger partial charge in [-0.05, 0) is 28.8 Å². The van der Waals surface area contributed by atoms with Crippen LogP contribution in [0.25, 0.3) is 22.0 Å². The highest BCUT2D eigenvalue weighted by molar-refractivity contribution is 7.80. The SMILES string of the molecule is O=C(NO)c1cnc(N2CCc3[nH]c4ccc(-c5ccc(CNCCS)cc5)cc4c3C2)nc1. The molecule has 1 aliphatic heterocycles. The molecule has 174 valence electrons. The van der Waals surface area contributed by atoms with Crippen LogP contribution in [0.15, 0.2) is 54.9 Å². The minimum absolute atomic E-state index is 0.212. The fourth-order valence-corrected chi connectivity index (χ4v) is 4.52. The van der Waals surface area contributed by atoms with E-state index in [1.165, 1.54) is 45.7 Å². The van der Waals surface area contributed by atoms with E-state index in [2.05, 4.69) is 80.3 Å². The Morgan fingerprint density at radius 1 is 1.12 bits per heavy atom. The van der Waals surface area contributed by atoms with E-state index in [9.17, 15) is 4.79 Å². The summed E-state index contributed by atoms with van der Waals surface area (Å²) in [6.07, 6.45) is 3.71. The number of rotatable bonds is 7. The molecule has 0 spiro atoms. The van der Waals surface area contributed by atoms with Crippen LogP contribution in [0, 0.1) is 0 Å². The van der Waals surface area contributed by atoms with Crippen LogP contribution in [0.4, 0.5) is 5.95 Å². The molecular weight excluding hydrogens is 448 g/mol. The van der Waals surface area contributed by atoms with Gasteiger partial charge in [0.25, 0.3) is 5.91 Å². The highest BCUT2D eigenvalue weighted by atomic mass is 32.1. The van der Waals surface area contributed by atoms with E-state index in [0.717, 1.165) is 37.3 Å². The maximum atomic E-state index is 11.5. The maximum absolute atomic E-state index is 11.5. The van der Waals surface area contributed by atoms with E-state index >= 15 is 0 Å². The molecule has 0 atom stereocenters. The van der Waals surface area contributed by atoms with Gasteiger partial charge in [0.15, 0.2) is 0 Å². The number of hydrogen-bond donors (Lipinski definition) is 5. The number of fused-ring (bicyclic) bond motifs is 3. The molecule has 8 nitrogen and oxygen atoms in total. The molecule has 1 amide bonds. The first-order valence-electron chi connectivity index (χ1n) is 11.2. The molecule has 0 saturated carbocycles. The maximum Gasteiger partial charge on any atom is 0.277 e. The van der Waals surface area contributed by atoms with Gasteiger partial charge in [0, 0.05) is 72.9 Å². The van der Waals surface area contributed by atoms with Gasteiger partial charge in [0.05, 0.1) is 5.56 Å². The lowest BCUT2D eigenvalue weighted by Crippen LogP contribution is -2.31. The number of carbonyl (C=O) groups excluding carboxylic acids is 1. The van der Waals surface area contributed by atoms with Crippen LogP contribution in [0.1, 0.15) is 27.2 Å². The summed E-state index contributed by atoms with van der Waals surface area (Å²) >= 11 is 4.23. The smallest absolute Gasteiger partial charge is 0.277 e. The lowest BCUT2D eigenvalue weighted by atomic mass is 9.99. The Balaban J connectivity index is 1.38. The average Bonchev–Trinajstić information content (AvgIpc) is 3.26. The van der Waals surface area contributed by atoms with Crippen molar-refractivity contribution in [1.29, 1.82) is 0 Å². The van der Waals surface area contributed by atoms with E-state index in [1.54, 1.807) is 5.48 Å². The summed E-state index contributed by atoms with van der Waals surface area (Å²) in [5.41, 5.74) is 9.04. The Hall–Kier alpha value is -3.40. The quantitative estimate of drug-likeness (QED) is 0.122. The van der Waals surface area contributed by atoms with Crippen LogP contribution in [0.3, 0.4) is 0 Å². The van der Waals surface area contributed by atoms with E-state index in [4.69, 9.17) is 5.21 Å². The van der Waals surface area contributed by atoms with Crippen LogP contribution in [0.2, 0.25) is 0 Å². The largest absolute Gasteiger partial charge is 0.358 e. The fourth-order valence-electron chi connectivity index (χ4n) is 4.36. The van der Waals surface area contributed by atoms with E-state index in [1.807, 2.05) is 0 Å². The van der Waals surface area contributed by atoms with E-state index < -0.39 is 5.91 Å². The molecule has 4 N–H and O–H groups in total. The number of hydroxylamine groups is 1. The number of nitrogens with one attached hydrogen (secondary N) is 3. The molecule has 3 heterocycles. The minimum atomic E-state index is -0.626. The topological polar surface area (TPSA) is 106 Å². The first-order valence-corrected chi connectivity index (χ1v) is 11.9. The molecule has 9 heteroatoms. The highest BCUT2D eigenvalue weighted by Gasteiger charge is 2.23. The normalized spacial score (nSPS) is 13.2. The van der Waals surface area contributed by atoms with Crippen LogP contribution >= 0.6 is 12.6 Å². The van der Waals surface area contributed by atoms with Gasteiger partial charge in [-0.25, -0.2) is 15.4 Å². The number of hydrogen-bond acceptors (Lipinski definition) is 7. The second kappa shape index (κ2) is 9.84. The second-order valence-electron chi connectivity index (χ2n) is 8.32. The highest BCUT2D eigenvalue weighted by Crippen LogP contribution is 2.32. The monoisotopic (exact) mass is 474 g/mol. The number of aromatic nitrogens is 3. The van der Waals surface area contributed by atoms with Crippen molar-refractivity contribution in [1.82, 2.24) is 25.7 Å². The summed E-state index contributed by atoms with van der Waals surface area (Å²) < 4.78 is 0. The first-order chi connectivity index (χ1) is 16.7. The molecule has 0 saturated heterocycles. The molecule has 2 aromatic heterocycles. The summed E-state index contributed by atoms with van der Waals surface area (Å²) in [6.45, 7) is 3.19. The second-order valence-corrected chi connectivity index (χ2v) is 8.77. The van der Waals surface area contributed by atoms with Gasteiger partial charge in [-0.15, -0.1) is 0 Å². The van der Waals surface area contributed by atoms with Crippen molar-refractivity contribution >= 4 is 35.4 Å². The van der Waals surface area contributed by atoms with E-state index in [0.29, 0.717) is 12.5 Å². The van der Waals surface area contributed by atoms with Gasteiger partial charge < -0.3 is 15.2 Å². The predicted octanol–water partition coefficient (Wildman–Crippen LogP) is 3.33. The van der Waals surface area contributed by atoms with Crippen LogP contribution in [-0.4, -0.2) is 44.9 Å². The summed E-state index contributed by atoms with van der Waals surface area (Å²) in [6, 6.07) is 15.2. The zero-order chi connectivity index (χ0) is 23.5. The number of thiol groups is 1. The number of carbonyl (C=O) groups is 1. The van der Waals surface area contributed by atoms with E-state index in [-0.39, 0.29) is 5.56 Å². The Morgan fingerprint density at radius 3 is 2.62 bits per heavy atom. The first kappa shape index (κ1) is 22.4. The van der Waals surface area contributed by atoms with Crippen LogP contribution < -0.4 is 15.7 Å². The number of benzene rings is 2.